The molecule has 1 aromatic heterocycles. The second kappa shape index (κ2) is 6.54. The van der Waals surface area contributed by atoms with Gasteiger partial charge in [-0.25, -0.2) is 8.78 Å². The van der Waals surface area contributed by atoms with E-state index in [2.05, 4.69) is 10.4 Å². The first-order valence-electron chi connectivity index (χ1n) is 6.78. The third kappa shape index (κ3) is 3.24. The molecule has 114 valence electrons. The summed E-state index contributed by atoms with van der Waals surface area (Å²) in [6.45, 7) is 3.98. The third-order valence-corrected chi connectivity index (χ3v) is 3.70. The first-order chi connectivity index (χ1) is 9.95. The fourth-order valence-electron chi connectivity index (χ4n) is 2.35. The van der Waals surface area contributed by atoms with Crippen molar-refractivity contribution in [1.29, 1.82) is 0 Å². The van der Waals surface area contributed by atoms with Crippen molar-refractivity contribution in [2.45, 2.75) is 32.4 Å². The molecule has 2 aromatic rings. The van der Waals surface area contributed by atoms with Crippen molar-refractivity contribution >= 4 is 11.6 Å². The molecule has 0 fully saturated rings. The second-order valence-corrected chi connectivity index (χ2v) is 5.58. The molecule has 0 spiro atoms. The van der Waals surface area contributed by atoms with E-state index in [9.17, 15) is 8.78 Å². The number of rotatable bonds is 5. The van der Waals surface area contributed by atoms with Gasteiger partial charge in [0.2, 0.25) is 0 Å². The highest BCUT2D eigenvalue weighted by atomic mass is 35.5. The van der Waals surface area contributed by atoms with Crippen LogP contribution in [-0.2, 0) is 6.42 Å². The Kier molecular flexibility index (Phi) is 4.96. The van der Waals surface area contributed by atoms with E-state index in [1.807, 2.05) is 13.8 Å². The van der Waals surface area contributed by atoms with E-state index in [0.29, 0.717) is 10.6 Å². The zero-order chi connectivity index (χ0) is 15.6. The van der Waals surface area contributed by atoms with Gasteiger partial charge in [-0.2, -0.15) is 5.10 Å². The molecule has 1 heterocycles. The molecule has 0 aliphatic carbocycles. The van der Waals surface area contributed by atoms with E-state index in [0.717, 1.165) is 11.8 Å². The molecule has 0 bridgehead atoms. The molecule has 0 saturated heterocycles. The first kappa shape index (κ1) is 15.9. The second-order valence-electron chi connectivity index (χ2n) is 5.17. The number of nitrogens with one attached hydrogen (secondary N) is 1. The van der Waals surface area contributed by atoms with Crippen LogP contribution in [0.5, 0.6) is 0 Å². The molecule has 1 unspecified atom stereocenters. The van der Waals surface area contributed by atoms with Crippen molar-refractivity contribution in [3.05, 3.63) is 52.3 Å². The maximum absolute atomic E-state index is 13.8. The molecular formula is C15H18ClF2N3. The number of likely N-dealkylation sites (N-methyl/N-ethyl adjacent to an activating group) is 1. The maximum Gasteiger partial charge on any atom is 0.162 e. The monoisotopic (exact) mass is 313 g/mol. The van der Waals surface area contributed by atoms with E-state index in [1.165, 1.54) is 6.07 Å². The largest absolute Gasteiger partial charge is 0.311 e. The minimum absolute atomic E-state index is 0.126. The summed E-state index contributed by atoms with van der Waals surface area (Å²) in [5.41, 5.74) is 1.08. The first-order valence-corrected chi connectivity index (χ1v) is 7.16. The van der Waals surface area contributed by atoms with Crippen molar-refractivity contribution in [3.63, 3.8) is 0 Å². The zero-order valence-corrected chi connectivity index (χ0v) is 13.0. The lowest BCUT2D eigenvalue weighted by Gasteiger charge is -2.21. The number of benzene rings is 1. The van der Waals surface area contributed by atoms with Crippen LogP contribution in [0.2, 0.25) is 5.02 Å². The number of hydrogen-bond acceptors (Lipinski definition) is 2. The van der Waals surface area contributed by atoms with E-state index < -0.39 is 11.6 Å². The van der Waals surface area contributed by atoms with Gasteiger partial charge < -0.3 is 5.32 Å². The summed E-state index contributed by atoms with van der Waals surface area (Å²) in [4.78, 5) is 0. The lowest BCUT2D eigenvalue weighted by Crippen LogP contribution is -2.24. The Bertz CT molecular complexity index is 625. The smallest absolute Gasteiger partial charge is 0.162 e. The molecule has 0 saturated carbocycles. The van der Waals surface area contributed by atoms with Crippen LogP contribution in [0.15, 0.2) is 24.4 Å². The van der Waals surface area contributed by atoms with Crippen molar-refractivity contribution in [3.8, 4) is 0 Å². The third-order valence-electron chi connectivity index (χ3n) is 3.41. The number of hydrogen-bond donors (Lipinski definition) is 1. The summed E-state index contributed by atoms with van der Waals surface area (Å²) in [7, 11) is 1.76. The fraction of sp³-hybridized carbons (Fsp3) is 0.400. The van der Waals surface area contributed by atoms with Crippen LogP contribution >= 0.6 is 11.6 Å². The normalized spacial score (nSPS) is 12.9. The predicted molar refractivity (Wildman–Crippen MR) is 79.5 cm³/mol. The standard InChI is InChI=1S/C15H18ClF2N3/c1-9(2)21-15(11(16)8-20-21)13(19-3)7-10-5-4-6-12(17)14(10)18/h4-6,8-9,13,19H,7H2,1-3H3. The molecule has 0 aliphatic rings. The fourth-order valence-corrected chi connectivity index (χ4v) is 2.61. The van der Waals surface area contributed by atoms with E-state index in [4.69, 9.17) is 11.6 Å². The van der Waals surface area contributed by atoms with Gasteiger partial charge in [0.1, 0.15) is 0 Å². The van der Waals surface area contributed by atoms with Gasteiger partial charge >= 0.3 is 0 Å². The Morgan fingerprint density at radius 1 is 1.33 bits per heavy atom. The van der Waals surface area contributed by atoms with Crippen LogP contribution in [0.1, 0.15) is 37.2 Å². The molecule has 1 aromatic carbocycles. The minimum atomic E-state index is -0.842. The van der Waals surface area contributed by atoms with Crippen LogP contribution in [0.4, 0.5) is 8.78 Å². The van der Waals surface area contributed by atoms with Crippen LogP contribution < -0.4 is 5.32 Å². The molecule has 0 amide bonds. The Labute approximate surface area is 127 Å². The number of aromatic nitrogens is 2. The molecule has 3 nitrogen and oxygen atoms in total. The van der Waals surface area contributed by atoms with Gasteiger partial charge in [-0.05, 0) is 38.9 Å². The summed E-state index contributed by atoms with van der Waals surface area (Å²) >= 11 is 6.21. The highest BCUT2D eigenvalue weighted by Crippen LogP contribution is 2.28. The van der Waals surface area contributed by atoms with Gasteiger partial charge in [0.15, 0.2) is 11.6 Å². The van der Waals surface area contributed by atoms with Crippen LogP contribution in [0, 0.1) is 11.6 Å². The van der Waals surface area contributed by atoms with Gasteiger partial charge in [-0.1, -0.05) is 23.7 Å². The summed E-state index contributed by atoms with van der Waals surface area (Å²) in [5, 5.41) is 7.86. The van der Waals surface area contributed by atoms with Crippen LogP contribution in [-0.4, -0.2) is 16.8 Å². The summed E-state index contributed by atoms with van der Waals surface area (Å²) in [5.74, 6) is -1.66. The van der Waals surface area contributed by atoms with Crippen molar-refractivity contribution in [2.75, 3.05) is 7.05 Å². The Balaban J connectivity index is 2.37. The van der Waals surface area contributed by atoms with Crippen molar-refractivity contribution in [1.82, 2.24) is 15.1 Å². The molecule has 6 heteroatoms. The highest BCUT2D eigenvalue weighted by molar-refractivity contribution is 6.31. The van der Waals surface area contributed by atoms with Crippen molar-refractivity contribution < 1.29 is 8.78 Å². The molecule has 2 rings (SSSR count). The van der Waals surface area contributed by atoms with Gasteiger partial charge in [-0.3, -0.25) is 4.68 Å². The number of nitrogens with zero attached hydrogens (tertiary/aromatic N) is 2. The van der Waals surface area contributed by atoms with Crippen LogP contribution in [0.25, 0.3) is 0 Å². The van der Waals surface area contributed by atoms with Crippen LogP contribution in [0.3, 0.4) is 0 Å². The lowest BCUT2D eigenvalue weighted by molar-refractivity contribution is 0.448. The minimum Gasteiger partial charge on any atom is -0.311 e. The zero-order valence-electron chi connectivity index (χ0n) is 12.2. The summed E-state index contributed by atoms with van der Waals surface area (Å²) in [6, 6.07) is 4.06. The molecule has 0 aliphatic heterocycles. The van der Waals surface area contributed by atoms with Gasteiger partial charge in [-0.15, -0.1) is 0 Å². The van der Waals surface area contributed by atoms with E-state index in [-0.39, 0.29) is 18.5 Å². The SMILES string of the molecule is CNC(Cc1cccc(F)c1F)c1c(Cl)cnn1C(C)C. The Morgan fingerprint density at radius 3 is 2.67 bits per heavy atom. The van der Waals surface area contributed by atoms with Gasteiger partial charge in [0, 0.05) is 6.04 Å². The highest BCUT2D eigenvalue weighted by Gasteiger charge is 2.22. The molecule has 1 atom stereocenters. The van der Waals surface area contributed by atoms with Gasteiger partial charge in [0.25, 0.3) is 0 Å². The lowest BCUT2D eigenvalue weighted by atomic mass is 10.0. The average Bonchev–Trinajstić information content (AvgIpc) is 2.82. The molecule has 0 radical (unpaired) electrons. The van der Waals surface area contributed by atoms with E-state index >= 15 is 0 Å². The molecular weight excluding hydrogens is 296 g/mol. The summed E-state index contributed by atoms with van der Waals surface area (Å²) < 4.78 is 29.0. The molecule has 21 heavy (non-hydrogen) atoms. The topological polar surface area (TPSA) is 29.9 Å². The summed E-state index contributed by atoms with van der Waals surface area (Å²) in [6.07, 6.45) is 1.86. The average molecular weight is 314 g/mol. The Morgan fingerprint density at radius 2 is 2.05 bits per heavy atom. The molecule has 1 N–H and O–H groups in total. The maximum atomic E-state index is 13.8. The quantitative estimate of drug-likeness (QED) is 0.907. The van der Waals surface area contributed by atoms with Crippen molar-refractivity contribution in [2.24, 2.45) is 0 Å². The van der Waals surface area contributed by atoms with E-state index in [1.54, 1.807) is 24.0 Å². The predicted octanol–water partition coefficient (Wildman–Crippen LogP) is 3.90. The Hall–Kier alpha value is -1.46. The van der Waals surface area contributed by atoms with Gasteiger partial charge in [0.05, 0.1) is 23.0 Å². The number of halogens is 3.